The maximum Gasteiger partial charge on any atom is 0.325 e. The number of urea groups is 1. The first kappa shape index (κ1) is 24.6. The topological polar surface area (TPSA) is 98.7 Å². The lowest BCUT2D eigenvalue weighted by molar-refractivity contribution is -0.139. The molecule has 2 saturated heterocycles. The number of hydrogen-bond donors (Lipinski definition) is 1. The normalized spacial score (nSPS) is 20.5. The van der Waals surface area contributed by atoms with Gasteiger partial charge in [-0.2, -0.15) is 0 Å². The minimum atomic E-state index is -1.01. The molecular weight excluding hydrogens is 444 g/mol. The number of piperazine rings is 1. The minimum absolute atomic E-state index is 0.220. The molecule has 2 aliphatic heterocycles. The average Bonchev–Trinajstić information content (AvgIpc) is 3.06. The van der Waals surface area contributed by atoms with E-state index < -0.39 is 11.6 Å². The fraction of sp³-hybridized carbons (Fsp3) is 0.500. The Bertz CT molecular complexity index is 1100. The molecule has 2 fully saturated rings. The van der Waals surface area contributed by atoms with Crippen molar-refractivity contribution in [2.75, 3.05) is 37.6 Å². The fourth-order valence-electron chi connectivity index (χ4n) is 4.51. The predicted octanol–water partition coefficient (Wildman–Crippen LogP) is 2.50. The van der Waals surface area contributed by atoms with E-state index in [9.17, 15) is 14.4 Å². The summed E-state index contributed by atoms with van der Waals surface area (Å²) in [6.07, 6.45) is 1.13. The second-order valence-corrected chi connectivity index (χ2v) is 9.89. The van der Waals surface area contributed by atoms with Crippen LogP contribution in [0, 0.1) is 6.92 Å². The fourth-order valence-corrected chi connectivity index (χ4v) is 4.51. The number of aromatic nitrogens is 2. The standard InChI is InChI=1S/C26H34N6O3/c1-18(2)23-27-19(3)16-21(28-23)30-12-14-31(15-13-30)22(33)17-32-24(34)26(4,29-25(32)35)11-10-20-8-6-5-7-9-20/h5-9,16,18H,10-15,17H2,1-4H3,(H,29,35). The van der Waals surface area contributed by atoms with Gasteiger partial charge in [-0.05, 0) is 32.3 Å². The summed E-state index contributed by atoms with van der Waals surface area (Å²) in [4.78, 5) is 52.8. The molecule has 2 aromatic rings. The maximum absolute atomic E-state index is 13.1. The molecule has 0 spiro atoms. The van der Waals surface area contributed by atoms with Gasteiger partial charge in [0.25, 0.3) is 5.91 Å². The van der Waals surface area contributed by atoms with Crippen molar-refractivity contribution in [3.63, 3.8) is 0 Å². The summed E-state index contributed by atoms with van der Waals surface area (Å²) in [7, 11) is 0. The second-order valence-electron chi connectivity index (χ2n) is 9.89. The zero-order valence-corrected chi connectivity index (χ0v) is 21.0. The molecule has 4 rings (SSSR count). The van der Waals surface area contributed by atoms with Crippen LogP contribution in [0.4, 0.5) is 10.6 Å². The Morgan fingerprint density at radius 2 is 1.77 bits per heavy atom. The quantitative estimate of drug-likeness (QED) is 0.614. The van der Waals surface area contributed by atoms with Crippen molar-refractivity contribution in [1.82, 2.24) is 25.1 Å². The van der Waals surface area contributed by atoms with Crippen LogP contribution >= 0.6 is 0 Å². The van der Waals surface area contributed by atoms with Gasteiger partial charge >= 0.3 is 6.03 Å². The lowest BCUT2D eigenvalue weighted by Gasteiger charge is -2.36. The average molecular weight is 479 g/mol. The number of anilines is 1. The van der Waals surface area contributed by atoms with E-state index >= 15 is 0 Å². The molecule has 186 valence electrons. The molecule has 2 aliphatic rings. The third-order valence-corrected chi connectivity index (χ3v) is 6.73. The molecule has 1 aromatic carbocycles. The molecule has 0 bridgehead atoms. The summed E-state index contributed by atoms with van der Waals surface area (Å²) in [5, 5.41) is 2.80. The van der Waals surface area contributed by atoms with Gasteiger partial charge in [0, 0.05) is 43.9 Å². The Morgan fingerprint density at radius 3 is 2.43 bits per heavy atom. The van der Waals surface area contributed by atoms with Crippen molar-refractivity contribution >= 4 is 23.7 Å². The van der Waals surface area contributed by atoms with Gasteiger partial charge in [0.1, 0.15) is 23.7 Å². The Labute approximate surface area is 206 Å². The molecule has 1 atom stereocenters. The largest absolute Gasteiger partial charge is 0.353 e. The third kappa shape index (κ3) is 5.44. The Kier molecular flexibility index (Phi) is 7.05. The number of benzene rings is 1. The molecule has 9 nitrogen and oxygen atoms in total. The van der Waals surface area contributed by atoms with Crippen LogP contribution in [0.15, 0.2) is 36.4 Å². The summed E-state index contributed by atoms with van der Waals surface area (Å²) in [6.45, 7) is 9.87. The smallest absolute Gasteiger partial charge is 0.325 e. The molecule has 0 aliphatic carbocycles. The van der Waals surface area contributed by atoms with Gasteiger partial charge in [-0.3, -0.25) is 14.5 Å². The SMILES string of the molecule is Cc1cc(N2CCN(C(=O)CN3C(=O)NC(C)(CCc4ccccc4)C3=O)CC2)nc(C(C)C)n1. The number of carbonyl (C=O) groups is 3. The number of rotatable bonds is 7. The maximum atomic E-state index is 13.1. The van der Waals surface area contributed by atoms with Crippen molar-refractivity contribution in [3.8, 4) is 0 Å². The van der Waals surface area contributed by atoms with Crippen molar-refractivity contribution < 1.29 is 14.4 Å². The van der Waals surface area contributed by atoms with Crippen molar-refractivity contribution in [3.05, 3.63) is 53.5 Å². The monoisotopic (exact) mass is 478 g/mol. The zero-order chi connectivity index (χ0) is 25.2. The minimum Gasteiger partial charge on any atom is -0.353 e. The first-order valence-corrected chi connectivity index (χ1v) is 12.2. The van der Waals surface area contributed by atoms with Crippen LogP contribution in [0.1, 0.15) is 50.2 Å². The van der Waals surface area contributed by atoms with Gasteiger partial charge in [0.05, 0.1) is 0 Å². The predicted molar refractivity (Wildman–Crippen MR) is 133 cm³/mol. The number of carbonyl (C=O) groups excluding carboxylic acids is 3. The third-order valence-electron chi connectivity index (χ3n) is 6.73. The molecule has 1 N–H and O–H groups in total. The van der Waals surface area contributed by atoms with E-state index in [2.05, 4.69) is 29.0 Å². The summed E-state index contributed by atoms with van der Waals surface area (Å²) < 4.78 is 0. The van der Waals surface area contributed by atoms with Crippen LogP contribution in [-0.2, 0) is 16.0 Å². The summed E-state index contributed by atoms with van der Waals surface area (Å²) >= 11 is 0. The number of hydrogen-bond acceptors (Lipinski definition) is 6. The molecule has 1 unspecified atom stereocenters. The van der Waals surface area contributed by atoms with Crippen molar-refractivity contribution in [1.29, 1.82) is 0 Å². The highest BCUT2D eigenvalue weighted by Crippen LogP contribution is 2.24. The molecule has 1 aromatic heterocycles. The first-order valence-electron chi connectivity index (χ1n) is 12.2. The van der Waals surface area contributed by atoms with E-state index in [1.165, 1.54) is 0 Å². The summed E-state index contributed by atoms with van der Waals surface area (Å²) in [5.41, 5.74) is 1.01. The highest BCUT2D eigenvalue weighted by atomic mass is 16.2. The first-order chi connectivity index (χ1) is 16.7. The van der Waals surface area contributed by atoms with Gasteiger partial charge in [0.2, 0.25) is 5.91 Å². The van der Waals surface area contributed by atoms with Crippen LogP contribution in [0.2, 0.25) is 0 Å². The zero-order valence-electron chi connectivity index (χ0n) is 21.0. The van der Waals surface area contributed by atoms with E-state index in [4.69, 9.17) is 4.98 Å². The van der Waals surface area contributed by atoms with E-state index in [1.54, 1.807) is 11.8 Å². The van der Waals surface area contributed by atoms with Gasteiger partial charge < -0.3 is 15.1 Å². The van der Waals surface area contributed by atoms with Crippen LogP contribution in [-0.4, -0.2) is 75.9 Å². The number of amides is 4. The van der Waals surface area contributed by atoms with Crippen LogP contribution < -0.4 is 10.2 Å². The van der Waals surface area contributed by atoms with Gasteiger partial charge in [-0.25, -0.2) is 14.8 Å². The molecule has 4 amide bonds. The second kappa shape index (κ2) is 10.0. The number of aryl methyl sites for hydroxylation is 2. The lowest BCUT2D eigenvalue weighted by Crippen LogP contribution is -2.52. The number of nitrogens with zero attached hydrogens (tertiary/aromatic N) is 5. The van der Waals surface area contributed by atoms with E-state index in [0.29, 0.717) is 39.0 Å². The van der Waals surface area contributed by atoms with Crippen molar-refractivity contribution in [2.45, 2.75) is 52.0 Å². The summed E-state index contributed by atoms with van der Waals surface area (Å²) in [6, 6.07) is 11.3. The summed E-state index contributed by atoms with van der Waals surface area (Å²) in [5.74, 6) is 1.35. The van der Waals surface area contributed by atoms with E-state index in [0.717, 1.165) is 27.8 Å². The van der Waals surface area contributed by atoms with Gasteiger partial charge in [-0.1, -0.05) is 44.2 Å². The van der Waals surface area contributed by atoms with Crippen LogP contribution in [0.5, 0.6) is 0 Å². The molecule has 35 heavy (non-hydrogen) atoms. The Balaban J connectivity index is 1.33. The Morgan fingerprint density at radius 1 is 1.09 bits per heavy atom. The number of nitrogens with one attached hydrogen (secondary N) is 1. The van der Waals surface area contributed by atoms with Crippen LogP contribution in [0.3, 0.4) is 0 Å². The van der Waals surface area contributed by atoms with Crippen LogP contribution in [0.25, 0.3) is 0 Å². The highest BCUT2D eigenvalue weighted by Gasteiger charge is 2.48. The Hall–Kier alpha value is -3.49. The van der Waals surface area contributed by atoms with Gasteiger partial charge in [0.15, 0.2) is 0 Å². The molecule has 9 heteroatoms. The molecule has 0 saturated carbocycles. The molecule has 0 radical (unpaired) electrons. The van der Waals surface area contributed by atoms with Gasteiger partial charge in [-0.15, -0.1) is 0 Å². The van der Waals surface area contributed by atoms with E-state index in [1.807, 2.05) is 43.3 Å². The van der Waals surface area contributed by atoms with E-state index in [-0.39, 0.29) is 24.3 Å². The van der Waals surface area contributed by atoms with Crippen molar-refractivity contribution in [2.24, 2.45) is 0 Å². The highest BCUT2D eigenvalue weighted by molar-refractivity contribution is 6.08. The molecule has 3 heterocycles. The number of imide groups is 1. The molecular formula is C26H34N6O3. The lowest BCUT2D eigenvalue weighted by atomic mass is 9.93.